The largest absolute Gasteiger partial charge is 0.379 e. The van der Waals surface area contributed by atoms with Crippen LogP contribution < -0.4 is 10.9 Å². The Morgan fingerprint density at radius 2 is 1.91 bits per heavy atom. The van der Waals surface area contributed by atoms with Gasteiger partial charge in [-0.1, -0.05) is 11.3 Å². The molecule has 32 heavy (non-hydrogen) atoms. The fourth-order valence-corrected chi connectivity index (χ4v) is 4.36. The molecular formula is C22H24FN5O3S. The molecule has 1 N–H and O–H groups in total. The van der Waals surface area contributed by atoms with E-state index in [4.69, 9.17) is 4.74 Å². The van der Waals surface area contributed by atoms with Crippen LogP contribution in [0.2, 0.25) is 0 Å². The Labute approximate surface area is 188 Å². The van der Waals surface area contributed by atoms with E-state index >= 15 is 0 Å². The standard InChI is InChI=1S/C22H24FN5O3S/c1-14(2)28-19(30)8-7-17(26-28)21-20(15-3-5-16(23)6-4-15)25-22(32-21)24-18(29)13-27-9-11-31-12-10-27/h3-8,14H,9-13H2,1-2H3,(H,24,25,29). The number of rotatable bonds is 6. The normalized spacial score (nSPS) is 14.6. The molecule has 0 bridgehead atoms. The van der Waals surface area contributed by atoms with Gasteiger partial charge >= 0.3 is 0 Å². The van der Waals surface area contributed by atoms with Gasteiger partial charge in [-0.05, 0) is 44.2 Å². The Morgan fingerprint density at radius 1 is 1.19 bits per heavy atom. The Hall–Kier alpha value is -2.95. The maximum absolute atomic E-state index is 13.5. The lowest BCUT2D eigenvalue weighted by Crippen LogP contribution is -2.41. The molecule has 1 saturated heterocycles. The number of carbonyl (C=O) groups excluding carboxylic acids is 1. The summed E-state index contributed by atoms with van der Waals surface area (Å²) in [6.07, 6.45) is 0. The number of carbonyl (C=O) groups is 1. The third kappa shape index (κ3) is 5.09. The number of amides is 1. The van der Waals surface area contributed by atoms with Crippen molar-refractivity contribution in [2.45, 2.75) is 19.9 Å². The number of nitrogens with zero attached hydrogens (tertiary/aromatic N) is 4. The summed E-state index contributed by atoms with van der Waals surface area (Å²) in [5.41, 5.74) is 1.62. The van der Waals surface area contributed by atoms with Crippen molar-refractivity contribution in [2.24, 2.45) is 0 Å². The molecule has 0 radical (unpaired) electrons. The van der Waals surface area contributed by atoms with Gasteiger partial charge in [0.1, 0.15) is 11.5 Å². The van der Waals surface area contributed by atoms with E-state index in [0.29, 0.717) is 53.3 Å². The highest BCUT2D eigenvalue weighted by atomic mass is 32.1. The minimum absolute atomic E-state index is 0.114. The van der Waals surface area contributed by atoms with Gasteiger partial charge in [0.15, 0.2) is 5.13 Å². The van der Waals surface area contributed by atoms with Crippen LogP contribution in [0, 0.1) is 5.82 Å². The summed E-state index contributed by atoms with van der Waals surface area (Å²) in [6.45, 7) is 6.64. The van der Waals surface area contributed by atoms with E-state index in [1.54, 1.807) is 18.2 Å². The molecule has 0 unspecified atom stereocenters. The summed E-state index contributed by atoms with van der Waals surface area (Å²) >= 11 is 1.27. The molecule has 0 saturated carbocycles. The summed E-state index contributed by atoms with van der Waals surface area (Å²) < 4.78 is 20.2. The SMILES string of the molecule is CC(C)n1nc(-c2sc(NC(=O)CN3CCOCC3)nc2-c2ccc(F)cc2)ccc1=O. The van der Waals surface area contributed by atoms with Gasteiger partial charge in [0.05, 0.1) is 36.4 Å². The summed E-state index contributed by atoms with van der Waals surface area (Å²) in [5.74, 6) is -0.519. The van der Waals surface area contributed by atoms with Crippen molar-refractivity contribution in [3.8, 4) is 21.8 Å². The predicted octanol–water partition coefficient (Wildman–Crippen LogP) is 3.02. The van der Waals surface area contributed by atoms with E-state index in [-0.39, 0.29) is 29.9 Å². The number of ether oxygens (including phenoxy) is 1. The fourth-order valence-electron chi connectivity index (χ4n) is 3.39. The molecule has 3 heterocycles. The number of hydrogen-bond acceptors (Lipinski definition) is 7. The van der Waals surface area contributed by atoms with Gasteiger partial charge in [-0.25, -0.2) is 14.1 Å². The smallest absolute Gasteiger partial charge is 0.267 e. The van der Waals surface area contributed by atoms with E-state index in [9.17, 15) is 14.0 Å². The molecule has 0 atom stereocenters. The molecule has 4 rings (SSSR count). The molecule has 0 spiro atoms. The van der Waals surface area contributed by atoms with Crippen molar-refractivity contribution in [3.63, 3.8) is 0 Å². The average Bonchev–Trinajstić information content (AvgIpc) is 3.18. The first-order valence-corrected chi connectivity index (χ1v) is 11.2. The number of nitrogens with one attached hydrogen (secondary N) is 1. The Morgan fingerprint density at radius 3 is 2.59 bits per heavy atom. The van der Waals surface area contributed by atoms with Gasteiger partial charge in [-0.2, -0.15) is 5.10 Å². The number of hydrogen-bond donors (Lipinski definition) is 1. The predicted molar refractivity (Wildman–Crippen MR) is 121 cm³/mol. The van der Waals surface area contributed by atoms with Crippen LogP contribution in [0.5, 0.6) is 0 Å². The van der Waals surface area contributed by atoms with Crippen molar-refractivity contribution in [1.82, 2.24) is 19.7 Å². The van der Waals surface area contributed by atoms with Crippen LogP contribution in [0.15, 0.2) is 41.2 Å². The van der Waals surface area contributed by atoms with Crippen LogP contribution in [-0.2, 0) is 9.53 Å². The Balaban J connectivity index is 1.67. The minimum Gasteiger partial charge on any atom is -0.379 e. The third-order valence-electron chi connectivity index (χ3n) is 5.01. The number of anilines is 1. The fraction of sp³-hybridized carbons (Fsp3) is 0.364. The monoisotopic (exact) mass is 457 g/mol. The lowest BCUT2D eigenvalue weighted by atomic mass is 10.1. The second kappa shape index (κ2) is 9.68. The molecule has 1 amide bonds. The van der Waals surface area contributed by atoms with E-state index in [0.717, 1.165) is 0 Å². The van der Waals surface area contributed by atoms with Gasteiger partial charge in [0.2, 0.25) is 5.91 Å². The second-order valence-electron chi connectivity index (χ2n) is 7.74. The first-order chi connectivity index (χ1) is 15.4. The summed E-state index contributed by atoms with van der Waals surface area (Å²) in [6, 6.07) is 8.97. The van der Waals surface area contributed by atoms with Gasteiger partial charge in [-0.15, -0.1) is 0 Å². The lowest BCUT2D eigenvalue weighted by molar-refractivity contribution is -0.118. The molecular weight excluding hydrogens is 433 g/mol. The maximum Gasteiger partial charge on any atom is 0.267 e. The van der Waals surface area contributed by atoms with Gasteiger partial charge in [0, 0.05) is 24.7 Å². The van der Waals surface area contributed by atoms with Crippen LogP contribution >= 0.6 is 11.3 Å². The van der Waals surface area contributed by atoms with Crippen molar-refractivity contribution < 1.29 is 13.9 Å². The quantitative estimate of drug-likeness (QED) is 0.612. The summed E-state index contributed by atoms with van der Waals surface area (Å²) in [7, 11) is 0. The zero-order valence-electron chi connectivity index (χ0n) is 17.9. The molecule has 10 heteroatoms. The molecule has 168 valence electrons. The second-order valence-corrected chi connectivity index (χ2v) is 8.73. The Bertz CT molecular complexity index is 1150. The van der Waals surface area contributed by atoms with Crippen LogP contribution in [0.25, 0.3) is 21.8 Å². The highest BCUT2D eigenvalue weighted by molar-refractivity contribution is 7.19. The van der Waals surface area contributed by atoms with Crippen LogP contribution in [-0.4, -0.2) is 58.4 Å². The van der Waals surface area contributed by atoms with Crippen molar-refractivity contribution >= 4 is 22.4 Å². The van der Waals surface area contributed by atoms with Gasteiger partial charge in [0.25, 0.3) is 5.56 Å². The molecule has 0 aliphatic carbocycles. The number of benzene rings is 1. The van der Waals surface area contributed by atoms with E-state index < -0.39 is 0 Å². The molecule has 1 fully saturated rings. The minimum atomic E-state index is -0.351. The lowest BCUT2D eigenvalue weighted by Gasteiger charge is -2.25. The summed E-state index contributed by atoms with van der Waals surface area (Å²) in [4.78, 5) is 32.0. The molecule has 8 nitrogen and oxygen atoms in total. The van der Waals surface area contributed by atoms with Crippen LogP contribution in [0.3, 0.4) is 0 Å². The number of morpholine rings is 1. The molecule has 1 aliphatic heterocycles. The van der Waals surface area contributed by atoms with E-state index in [1.165, 1.54) is 34.2 Å². The maximum atomic E-state index is 13.5. The van der Waals surface area contributed by atoms with Crippen molar-refractivity contribution in [3.05, 3.63) is 52.6 Å². The van der Waals surface area contributed by atoms with Crippen LogP contribution in [0.1, 0.15) is 19.9 Å². The van der Waals surface area contributed by atoms with Gasteiger partial charge in [-0.3, -0.25) is 14.5 Å². The van der Waals surface area contributed by atoms with Gasteiger partial charge < -0.3 is 10.1 Å². The number of aromatic nitrogens is 3. The summed E-state index contributed by atoms with van der Waals surface area (Å²) in [5, 5.41) is 7.78. The molecule has 3 aromatic rings. The van der Waals surface area contributed by atoms with Crippen molar-refractivity contribution in [1.29, 1.82) is 0 Å². The zero-order chi connectivity index (χ0) is 22.7. The van der Waals surface area contributed by atoms with Crippen molar-refractivity contribution in [2.75, 3.05) is 38.2 Å². The first kappa shape index (κ1) is 22.3. The first-order valence-electron chi connectivity index (χ1n) is 10.4. The molecule has 1 aromatic carbocycles. The average molecular weight is 458 g/mol. The topological polar surface area (TPSA) is 89.3 Å². The third-order valence-corrected chi connectivity index (χ3v) is 6.00. The van der Waals surface area contributed by atoms with E-state index in [1.807, 2.05) is 18.7 Å². The highest BCUT2D eigenvalue weighted by Gasteiger charge is 2.20. The Kier molecular flexibility index (Phi) is 6.73. The zero-order valence-corrected chi connectivity index (χ0v) is 18.7. The van der Waals surface area contributed by atoms with E-state index in [2.05, 4.69) is 15.4 Å². The highest BCUT2D eigenvalue weighted by Crippen LogP contribution is 2.38. The van der Waals surface area contributed by atoms with Crippen LogP contribution in [0.4, 0.5) is 9.52 Å². The number of halogens is 1. The molecule has 2 aromatic heterocycles. The molecule has 1 aliphatic rings. The number of thiazole rings is 1.